The fourth-order valence-electron chi connectivity index (χ4n) is 0.721. The molecule has 0 bridgehead atoms. The monoisotopic (exact) mass is 251 g/mol. The van der Waals surface area contributed by atoms with Crippen molar-refractivity contribution in [3.05, 3.63) is 9.90 Å². The molecule has 0 saturated heterocycles. The van der Waals surface area contributed by atoms with Crippen LogP contribution in [-0.4, -0.2) is 9.78 Å². The molecule has 0 radical (unpaired) electrons. The van der Waals surface area contributed by atoms with Gasteiger partial charge in [-0.3, -0.25) is 4.68 Å². The van der Waals surface area contributed by atoms with E-state index in [4.69, 9.17) is 5.73 Å². The molecule has 1 heterocycles. The van der Waals surface area contributed by atoms with E-state index in [9.17, 15) is 0 Å². The Labute approximate surface area is 73.7 Å². The lowest BCUT2D eigenvalue weighted by atomic mass is 10.4. The van der Waals surface area contributed by atoms with E-state index in [-0.39, 0.29) is 0 Å². The third-order valence-corrected chi connectivity index (χ3v) is 2.37. The van der Waals surface area contributed by atoms with Crippen LogP contribution in [0.15, 0.2) is 6.20 Å². The minimum Gasteiger partial charge on any atom is -0.395 e. The molecule has 3 nitrogen and oxygen atoms in total. The Morgan fingerprint density at radius 3 is 2.50 bits per heavy atom. The quantitative estimate of drug-likeness (QED) is 0.771. The van der Waals surface area contributed by atoms with Crippen LogP contribution in [0.4, 0.5) is 5.69 Å². The number of aromatic nitrogens is 2. The number of hydrogen-bond acceptors (Lipinski definition) is 2. The molecule has 0 unspecified atom stereocenters. The molecule has 1 aromatic rings. The maximum absolute atomic E-state index is 5.59. The van der Waals surface area contributed by atoms with Gasteiger partial charge in [-0.15, -0.1) is 0 Å². The van der Waals surface area contributed by atoms with Gasteiger partial charge in [-0.05, 0) is 36.4 Å². The second kappa shape index (κ2) is 2.77. The molecule has 1 aromatic heterocycles. The molecular formula is C6H10IN3. The number of halogens is 1. The second-order valence-corrected chi connectivity index (χ2v) is 3.45. The summed E-state index contributed by atoms with van der Waals surface area (Å²) in [7, 11) is 0. The first-order chi connectivity index (χ1) is 4.63. The van der Waals surface area contributed by atoms with Crippen molar-refractivity contribution in [1.82, 2.24) is 9.78 Å². The van der Waals surface area contributed by atoms with Gasteiger partial charge in [0, 0.05) is 6.04 Å². The number of hydrogen-bond donors (Lipinski definition) is 1. The van der Waals surface area contributed by atoms with Crippen LogP contribution in [0.3, 0.4) is 0 Å². The van der Waals surface area contributed by atoms with E-state index in [0.29, 0.717) is 6.04 Å². The zero-order chi connectivity index (χ0) is 7.72. The lowest BCUT2D eigenvalue weighted by Crippen LogP contribution is -2.04. The first kappa shape index (κ1) is 7.84. The smallest absolute Gasteiger partial charge is 0.122 e. The van der Waals surface area contributed by atoms with Crippen LogP contribution < -0.4 is 5.73 Å². The summed E-state index contributed by atoms with van der Waals surface area (Å²) in [6.45, 7) is 4.16. The first-order valence-corrected chi connectivity index (χ1v) is 4.19. The summed E-state index contributed by atoms with van der Waals surface area (Å²) in [6.07, 6.45) is 1.68. The van der Waals surface area contributed by atoms with Gasteiger partial charge in [0.2, 0.25) is 0 Å². The summed E-state index contributed by atoms with van der Waals surface area (Å²) < 4.78 is 2.92. The molecule has 0 fully saturated rings. The van der Waals surface area contributed by atoms with Crippen LogP contribution in [0.2, 0.25) is 0 Å². The lowest BCUT2D eigenvalue weighted by Gasteiger charge is -2.05. The van der Waals surface area contributed by atoms with Crippen molar-refractivity contribution in [1.29, 1.82) is 0 Å². The molecule has 0 spiro atoms. The van der Waals surface area contributed by atoms with E-state index in [1.54, 1.807) is 6.20 Å². The predicted octanol–water partition coefficient (Wildman–Crippen LogP) is 1.65. The van der Waals surface area contributed by atoms with Crippen molar-refractivity contribution in [3.8, 4) is 0 Å². The SMILES string of the molecule is CC(C)n1ncc(N)c1I. The normalized spacial score (nSPS) is 10.8. The van der Waals surface area contributed by atoms with Crippen LogP contribution in [0.5, 0.6) is 0 Å². The fourth-order valence-corrected chi connectivity index (χ4v) is 1.54. The zero-order valence-corrected chi connectivity index (χ0v) is 8.16. The summed E-state index contributed by atoms with van der Waals surface area (Å²) in [4.78, 5) is 0. The van der Waals surface area contributed by atoms with Crippen molar-refractivity contribution in [3.63, 3.8) is 0 Å². The average Bonchev–Trinajstić information content (AvgIpc) is 2.14. The summed E-state index contributed by atoms with van der Waals surface area (Å²) in [5, 5.41) is 4.10. The van der Waals surface area contributed by atoms with Crippen molar-refractivity contribution >= 4 is 28.3 Å². The van der Waals surface area contributed by atoms with Crippen LogP contribution in [0.1, 0.15) is 19.9 Å². The minimum atomic E-state index is 0.393. The van der Waals surface area contributed by atoms with Gasteiger partial charge >= 0.3 is 0 Å². The first-order valence-electron chi connectivity index (χ1n) is 3.11. The van der Waals surface area contributed by atoms with Crippen LogP contribution >= 0.6 is 22.6 Å². The molecule has 0 aliphatic rings. The van der Waals surface area contributed by atoms with Gasteiger partial charge in [0.05, 0.1) is 11.9 Å². The van der Waals surface area contributed by atoms with Gasteiger partial charge in [-0.2, -0.15) is 5.10 Å². The highest BCUT2D eigenvalue weighted by Crippen LogP contribution is 2.16. The van der Waals surface area contributed by atoms with E-state index < -0.39 is 0 Å². The summed E-state index contributed by atoms with van der Waals surface area (Å²) >= 11 is 2.19. The zero-order valence-electron chi connectivity index (χ0n) is 6.00. The molecule has 0 atom stereocenters. The van der Waals surface area contributed by atoms with Gasteiger partial charge in [0.25, 0.3) is 0 Å². The maximum Gasteiger partial charge on any atom is 0.122 e. The number of anilines is 1. The van der Waals surface area contributed by atoms with Gasteiger partial charge in [0.1, 0.15) is 3.70 Å². The molecule has 56 valence electrons. The summed E-state index contributed by atoms with van der Waals surface area (Å²) in [6, 6.07) is 0.393. The second-order valence-electron chi connectivity index (χ2n) is 2.43. The summed E-state index contributed by atoms with van der Waals surface area (Å²) in [5.74, 6) is 0. The lowest BCUT2D eigenvalue weighted by molar-refractivity contribution is 0.521. The molecule has 0 aromatic carbocycles. The molecule has 2 N–H and O–H groups in total. The van der Waals surface area contributed by atoms with Crippen LogP contribution in [0.25, 0.3) is 0 Å². The van der Waals surface area contributed by atoms with Gasteiger partial charge < -0.3 is 5.73 Å². The van der Waals surface area contributed by atoms with Crippen LogP contribution in [0, 0.1) is 3.70 Å². The molecule has 10 heavy (non-hydrogen) atoms. The van der Waals surface area contributed by atoms with Crippen molar-refractivity contribution < 1.29 is 0 Å². The number of rotatable bonds is 1. The summed E-state index contributed by atoms with van der Waals surface area (Å²) in [5.41, 5.74) is 6.35. The molecule has 0 aliphatic heterocycles. The topological polar surface area (TPSA) is 43.8 Å². The van der Waals surface area contributed by atoms with E-state index in [0.717, 1.165) is 9.39 Å². The maximum atomic E-state index is 5.59. The molecule has 0 aliphatic carbocycles. The predicted molar refractivity (Wildman–Crippen MR) is 49.7 cm³/mol. The Kier molecular flexibility index (Phi) is 2.18. The molecule has 4 heteroatoms. The Balaban J connectivity index is 3.05. The average molecular weight is 251 g/mol. The highest BCUT2D eigenvalue weighted by Gasteiger charge is 2.05. The highest BCUT2D eigenvalue weighted by atomic mass is 127. The fraction of sp³-hybridized carbons (Fsp3) is 0.500. The standard InChI is InChI=1S/C6H10IN3/c1-4(2)10-6(7)5(8)3-9-10/h3-4H,8H2,1-2H3. The van der Waals surface area contributed by atoms with E-state index in [1.807, 2.05) is 4.68 Å². The van der Waals surface area contributed by atoms with Gasteiger partial charge in [-0.1, -0.05) is 0 Å². The Morgan fingerprint density at radius 2 is 2.30 bits per heavy atom. The van der Waals surface area contributed by atoms with E-state index >= 15 is 0 Å². The Hall–Kier alpha value is -0.260. The molecular weight excluding hydrogens is 241 g/mol. The Morgan fingerprint density at radius 1 is 1.70 bits per heavy atom. The van der Waals surface area contributed by atoms with E-state index in [2.05, 4.69) is 41.5 Å². The molecule has 0 amide bonds. The van der Waals surface area contributed by atoms with Gasteiger partial charge in [-0.25, -0.2) is 0 Å². The van der Waals surface area contributed by atoms with Crippen molar-refractivity contribution in [2.75, 3.05) is 5.73 Å². The third-order valence-electron chi connectivity index (χ3n) is 1.25. The number of nitrogens with zero attached hydrogens (tertiary/aromatic N) is 2. The van der Waals surface area contributed by atoms with Gasteiger partial charge in [0.15, 0.2) is 0 Å². The van der Waals surface area contributed by atoms with Crippen molar-refractivity contribution in [2.24, 2.45) is 0 Å². The molecule has 0 saturated carbocycles. The molecule has 1 rings (SSSR count). The highest BCUT2D eigenvalue weighted by molar-refractivity contribution is 14.1. The third kappa shape index (κ3) is 1.25. The largest absolute Gasteiger partial charge is 0.395 e. The number of nitrogen functional groups attached to an aromatic ring is 1. The van der Waals surface area contributed by atoms with Crippen LogP contribution in [-0.2, 0) is 0 Å². The Bertz CT molecular complexity index is 229. The van der Waals surface area contributed by atoms with Crippen molar-refractivity contribution in [2.45, 2.75) is 19.9 Å². The van der Waals surface area contributed by atoms with E-state index in [1.165, 1.54) is 0 Å². The number of nitrogens with two attached hydrogens (primary N) is 1. The minimum absolute atomic E-state index is 0.393.